The number of nitrogens with zero attached hydrogens (tertiary/aromatic N) is 1. The van der Waals surface area contributed by atoms with Crippen LogP contribution >= 0.6 is 11.8 Å². The molecule has 0 aliphatic heterocycles. The zero-order valence-corrected chi connectivity index (χ0v) is 8.99. The summed E-state index contributed by atoms with van der Waals surface area (Å²) in [6.45, 7) is 0. The van der Waals surface area contributed by atoms with Gasteiger partial charge in [-0.1, -0.05) is 0 Å². The second-order valence-electron chi connectivity index (χ2n) is 3.04. The average Bonchev–Trinajstić information content (AvgIpc) is 2.20. The van der Waals surface area contributed by atoms with Gasteiger partial charge in [0.25, 0.3) is 0 Å². The maximum absolute atomic E-state index is 13.1. The lowest BCUT2D eigenvalue weighted by Gasteiger charge is -2.02. The van der Waals surface area contributed by atoms with Crippen molar-refractivity contribution in [3.8, 4) is 6.07 Å². The lowest BCUT2D eigenvalue weighted by Crippen LogP contribution is -1.86. The highest BCUT2D eigenvalue weighted by Crippen LogP contribution is 2.23. The van der Waals surface area contributed by atoms with E-state index in [1.807, 2.05) is 0 Å². The molecular formula is C11H11F2NS. The Bertz CT molecular complexity index is 360. The van der Waals surface area contributed by atoms with Crippen LogP contribution in [-0.4, -0.2) is 5.75 Å². The molecule has 0 aliphatic rings. The number of halogens is 2. The minimum Gasteiger partial charge on any atom is -0.207 e. The molecule has 1 nitrogen and oxygen atoms in total. The molecular weight excluding hydrogens is 216 g/mol. The predicted octanol–water partition coefficient (Wildman–Crippen LogP) is 3.75. The first-order chi connectivity index (χ1) is 7.24. The van der Waals surface area contributed by atoms with E-state index in [1.54, 1.807) is 0 Å². The molecule has 0 aliphatic carbocycles. The Morgan fingerprint density at radius 1 is 1.27 bits per heavy atom. The van der Waals surface area contributed by atoms with Crippen LogP contribution in [0.2, 0.25) is 0 Å². The van der Waals surface area contributed by atoms with Crippen molar-refractivity contribution in [1.29, 1.82) is 5.26 Å². The Morgan fingerprint density at radius 2 is 2.07 bits per heavy atom. The van der Waals surface area contributed by atoms with E-state index >= 15 is 0 Å². The fraction of sp³-hybridized carbons (Fsp3) is 0.364. The highest BCUT2D eigenvalue weighted by atomic mass is 32.2. The van der Waals surface area contributed by atoms with Gasteiger partial charge in [-0.25, -0.2) is 8.78 Å². The van der Waals surface area contributed by atoms with Gasteiger partial charge in [-0.2, -0.15) is 5.26 Å². The number of hydrogen-bond acceptors (Lipinski definition) is 2. The topological polar surface area (TPSA) is 23.8 Å². The highest BCUT2D eigenvalue weighted by Gasteiger charge is 2.03. The van der Waals surface area contributed by atoms with Gasteiger partial charge in [0.15, 0.2) is 0 Å². The largest absolute Gasteiger partial charge is 0.207 e. The summed E-state index contributed by atoms with van der Waals surface area (Å²) in [5.74, 6) is -0.314. The molecule has 0 N–H and O–H groups in total. The third-order valence-electron chi connectivity index (χ3n) is 1.83. The smallest absolute Gasteiger partial charge is 0.139 e. The molecule has 1 aromatic carbocycles. The van der Waals surface area contributed by atoms with E-state index in [2.05, 4.69) is 6.07 Å². The van der Waals surface area contributed by atoms with Crippen molar-refractivity contribution < 1.29 is 8.78 Å². The van der Waals surface area contributed by atoms with Crippen LogP contribution in [0, 0.1) is 23.0 Å². The molecule has 4 heteroatoms. The first kappa shape index (κ1) is 12.0. The monoisotopic (exact) mass is 227 g/mol. The molecule has 0 saturated carbocycles. The van der Waals surface area contributed by atoms with Crippen LogP contribution in [0.4, 0.5) is 8.78 Å². The van der Waals surface area contributed by atoms with E-state index in [1.165, 1.54) is 23.9 Å². The zero-order valence-electron chi connectivity index (χ0n) is 8.17. The molecule has 0 aromatic heterocycles. The summed E-state index contributed by atoms with van der Waals surface area (Å²) in [5, 5.41) is 8.30. The second kappa shape index (κ2) is 6.41. The van der Waals surface area contributed by atoms with Gasteiger partial charge in [0.2, 0.25) is 0 Å². The van der Waals surface area contributed by atoms with Gasteiger partial charge in [0.1, 0.15) is 11.6 Å². The maximum atomic E-state index is 13.1. The highest BCUT2D eigenvalue weighted by molar-refractivity contribution is 7.99. The van der Waals surface area contributed by atoms with Gasteiger partial charge in [0, 0.05) is 17.4 Å². The van der Waals surface area contributed by atoms with Crippen LogP contribution in [0.3, 0.4) is 0 Å². The van der Waals surface area contributed by atoms with E-state index in [4.69, 9.17) is 5.26 Å². The summed E-state index contributed by atoms with van der Waals surface area (Å²) in [6.07, 6.45) is 2.23. The number of unbranched alkanes of at least 4 members (excludes halogenated alkanes) is 2. The molecule has 0 fully saturated rings. The van der Waals surface area contributed by atoms with Gasteiger partial charge < -0.3 is 0 Å². The Hall–Kier alpha value is -1.08. The van der Waals surface area contributed by atoms with Crippen molar-refractivity contribution in [3.63, 3.8) is 0 Å². The molecule has 0 amide bonds. The van der Waals surface area contributed by atoms with Crippen LogP contribution < -0.4 is 0 Å². The molecule has 0 saturated heterocycles. The fourth-order valence-corrected chi connectivity index (χ4v) is 2.01. The SMILES string of the molecule is N#CCCCCSc1ccc(F)cc1F. The van der Waals surface area contributed by atoms with Gasteiger partial charge in [-0.05, 0) is 30.7 Å². The summed E-state index contributed by atoms with van der Waals surface area (Å²) in [4.78, 5) is 0.466. The van der Waals surface area contributed by atoms with Crippen molar-refractivity contribution in [2.24, 2.45) is 0 Å². The molecule has 0 radical (unpaired) electrons. The van der Waals surface area contributed by atoms with E-state index in [0.717, 1.165) is 24.7 Å². The summed E-state index contributed by atoms with van der Waals surface area (Å²) in [5.41, 5.74) is 0. The minimum absolute atomic E-state index is 0.466. The van der Waals surface area contributed by atoms with Gasteiger partial charge >= 0.3 is 0 Å². The summed E-state index contributed by atoms with van der Waals surface area (Å²) < 4.78 is 25.7. The Labute approximate surface area is 92.1 Å². The first-order valence-corrected chi connectivity index (χ1v) is 5.67. The van der Waals surface area contributed by atoms with Crippen LogP contribution in [0.5, 0.6) is 0 Å². The number of nitriles is 1. The number of rotatable bonds is 5. The molecule has 0 heterocycles. The van der Waals surface area contributed by atoms with Crippen LogP contribution in [0.1, 0.15) is 19.3 Å². The average molecular weight is 227 g/mol. The summed E-state index contributed by atoms with van der Waals surface area (Å²) in [7, 11) is 0. The van der Waals surface area contributed by atoms with E-state index < -0.39 is 11.6 Å². The number of hydrogen-bond donors (Lipinski definition) is 0. The summed E-state index contributed by atoms with van der Waals surface area (Å²) in [6, 6.07) is 5.63. The third kappa shape index (κ3) is 4.30. The maximum Gasteiger partial charge on any atom is 0.139 e. The van der Waals surface area contributed by atoms with E-state index in [9.17, 15) is 8.78 Å². The van der Waals surface area contributed by atoms with Crippen LogP contribution in [-0.2, 0) is 0 Å². The molecule has 0 bridgehead atoms. The minimum atomic E-state index is -0.554. The molecule has 0 atom stereocenters. The van der Waals surface area contributed by atoms with Crippen molar-refractivity contribution in [2.45, 2.75) is 24.2 Å². The molecule has 0 unspecified atom stereocenters. The first-order valence-electron chi connectivity index (χ1n) is 4.69. The normalized spacial score (nSPS) is 9.93. The van der Waals surface area contributed by atoms with Crippen LogP contribution in [0.25, 0.3) is 0 Å². The standard InChI is InChI=1S/C11H11F2NS/c12-9-4-5-11(10(13)8-9)15-7-3-1-2-6-14/h4-5,8H,1-3,7H2. The van der Waals surface area contributed by atoms with Crippen molar-refractivity contribution in [3.05, 3.63) is 29.8 Å². The van der Waals surface area contributed by atoms with E-state index in [0.29, 0.717) is 11.3 Å². The van der Waals surface area contributed by atoms with Crippen LogP contribution in [0.15, 0.2) is 23.1 Å². The quantitative estimate of drug-likeness (QED) is 0.565. The Balaban J connectivity index is 2.35. The van der Waals surface area contributed by atoms with Gasteiger partial charge in [-0.3, -0.25) is 0 Å². The zero-order chi connectivity index (χ0) is 11.1. The molecule has 1 aromatic rings. The van der Waals surface area contributed by atoms with Crippen molar-refractivity contribution >= 4 is 11.8 Å². The molecule has 80 valence electrons. The number of thioether (sulfide) groups is 1. The lowest BCUT2D eigenvalue weighted by atomic mass is 10.3. The Kier molecular flexibility index (Phi) is 5.13. The van der Waals surface area contributed by atoms with Gasteiger partial charge in [0.05, 0.1) is 6.07 Å². The molecule has 15 heavy (non-hydrogen) atoms. The molecule has 1 rings (SSSR count). The lowest BCUT2D eigenvalue weighted by molar-refractivity contribution is 0.565. The third-order valence-corrected chi connectivity index (χ3v) is 2.97. The number of benzene rings is 1. The summed E-state index contributed by atoms with van der Waals surface area (Å²) >= 11 is 1.36. The fourth-order valence-electron chi connectivity index (χ4n) is 1.08. The van der Waals surface area contributed by atoms with Crippen molar-refractivity contribution in [2.75, 3.05) is 5.75 Å². The molecule has 0 spiro atoms. The second-order valence-corrected chi connectivity index (χ2v) is 4.18. The van der Waals surface area contributed by atoms with Gasteiger partial charge in [-0.15, -0.1) is 11.8 Å². The van der Waals surface area contributed by atoms with E-state index in [-0.39, 0.29) is 0 Å². The Morgan fingerprint density at radius 3 is 2.73 bits per heavy atom. The predicted molar refractivity (Wildman–Crippen MR) is 56.5 cm³/mol. The van der Waals surface area contributed by atoms with Crippen molar-refractivity contribution in [1.82, 2.24) is 0 Å².